The topological polar surface area (TPSA) is 119 Å². The lowest BCUT2D eigenvalue weighted by Gasteiger charge is -2.14. The van der Waals surface area contributed by atoms with Crippen LogP contribution in [-0.2, 0) is 23.9 Å². The van der Waals surface area contributed by atoms with Crippen LogP contribution < -0.4 is 5.73 Å². The highest BCUT2D eigenvalue weighted by Crippen LogP contribution is 2.49. The van der Waals surface area contributed by atoms with E-state index in [9.17, 15) is 14.4 Å². The molecule has 21 heavy (non-hydrogen) atoms. The summed E-state index contributed by atoms with van der Waals surface area (Å²) in [6.07, 6.45) is 0. The van der Waals surface area contributed by atoms with Crippen LogP contribution in [0.4, 0.5) is 0 Å². The van der Waals surface area contributed by atoms with E-state index < -0.39 is 28.3 Å². The van der Waals surface area contributed by atoms with Crippen LogP contribution in [0.15, 0.2) is 9.81 Å². The molecule has 0 aromatic carbocycles. The second kappa shape index (κ2) is 7.95. The maximum Gasteiger partial charge on any atom is 0.321 e. The molecule has 7 nitrogen and oxygen atoms in total. The van der Waals surface area contributed by atoms with E-state index in [1.165, 1.54) is 0 Å². The summed E-state index contributed by atoms with van der Waals surface area (Å²) in [5.74, 6) is -2.09. The zero-order valence-corrected chi connectivity index (χ0v) is 13.1. The first-order valence-corrected chi connectivity index (χ1v) is 7.82. The van der Waals surface area contributed by atoms with Crippen LogP contribution in [0.5, 0.6) is 0 Å². The van der Waals surface area contributed by atoms with Crippen LogP contribution in [0, 0.1) is 11.3 Å². The van der Waals surface area contributed by atoms with Gasteiger partial charge in [0.05, 0.1) is 17.5 Å². The molecule has 9 heteroatoms. The average molecular weight is 330 g/mol. The maximum atomic E-state index is 11.9. The summed E-state index contributed by atoms with van der Waals surface area (Å²) >= 11 is 1.85. The summed E-state index contributed by atoms with van der Waals surface area (Å²) in [6, 6.07) is 1.69. The van der Waals surface area contributed by atoms with Gasteiger partial charge in [0, 0.05) is 0 Å². The third kappa shape index (κ3) is 4.15. The number of hydrogen-bond donors (Lipinski definition) is 1. The fourth-order valence-electron chi connectivity index (χ4n) is 1.49. The van der Waals surface area contributed by atoms with Gasteiger partial charge < -0.3 is 15.2 Å². The zero-order chi connectivity index (χ0) is 16.0. The van der Waals surface area contributed by atoms with E-state index in [0.29, 0.717) is 0 Å². The molecule has 1 amide bonds. The van der Waals surface area contributed by atoms with Gasteiger partial charge in [-0.3, -0.25) is 14.4 Å². The van der Waals surface area contributed by atoms with Crippen LogP contribution in [0.2, 0.25) is 0 Å². The molecule has 1 rings (SSSR count). The Morgan fingerprint density at radius 2 is 1.57 bits per heavy atom. The number of nitriles is 1. The largest absolute Gasteiger partial charge is 0.465 e. The lowest BCUT2D eigenvalue weighted by Crippen LogP contribution is -2.34. The molecule has 2 N–H and O–H groups in total. The molecule has 1 aliphatic heterocycles. The van der Waals surface area contributed by atoms with Gasteiger partial charge in [-0.05, 0) is 13.8 Å². The van der Waals surface area contributed by atoms with Crippen LogP contribution in [0.1, 0.15) is 13.8 Å². The molecule has 0 aromatic rings. The van der Waals surface area contributed by atoms with Gasteiger partial charge in [-0.2, -0.15) is 5.26 Å². The second-order valence-corrected chi connectivity index (χ2v) is 6.28. The molecule has 0 spiro atoms. The fourth-order valence-corrected chi connectivity index (χ4v) is 4.46. The number of esters is 2. The molecule has 2 atom stereocenters. The highest BCUT2D eigenvalue weighted by Gasteiger charge is 2.45. The van der Waals surface area contributed by atoms with E-state index in [4.69, 9.17) is 20.5 Å². The predicted molar refractivity (Wildman–Crippen MR) is 77.9 cm³/mol. The van der Waals surface area contributed by atoms with Crippen molar-refractivity contribution < 1.29 is 23.9 Å². The molecule has 0 aromatic heterocycles. The van der Waals surface area contributed by atoms with Crippen LogP contribution in [0.3, 0.4) is 0 Å². The monoisotopic (exact) mass is 330 g/mol. The SMILES string of the molecule is CCOC(=O)[C@H]1SC(=C(C#N)C(N)=O)S[C@@H]1C(=O)OCC. The molecule has 0 bridgehead atoms. The third-order valence-corrected chi connectivity index (χ3v) is 5.37. The summed E-state index contributed by atoms with van der Waals surface area (Å²) in [4.78, 5) is 35.0. The lowest BCUT2D eigenvalue weighted by molar-refractivity contribution is -0.148. The number of carbonyl (C=O) groups is 3. The minimum Gasteiger partial charge on any atom is -0.465 e. The Bertz CT molecular complexity index is 498. The van der Waals surface area contributed by atoms with Crippen LogP contribution >= 0.6 is 23.5 Å². The van der Waals surface area contributed by atoms with Gasteiger partial charge in [-0.1, -0.05) is 0 Å². The van der Waals surface area contributed by atoms with Crippen molar-refractivity contribution in [2.75, 3.05) is 13.2 Å². The molecule has 1 heterocycles. The van der Waals surface area contributed by atoms with Gasteiger partial charge in [-0.15, -0.1) is 23.5 Å². The number of nitrogens with zero attached hydrogens (tertiary/aromatic N) is 1. The van der Waals surface area contributed by atoms with Crippen molar-refractivity contribution in [3.8, 4) is 6.07 Å². The summed E-state index contributed by atoms with van der Waals surface area (Å²) < 4.78 is 10.0. The predicted octanol–water partition coefficient (Wildman–Crippen LogP) is 0.550. The van der Waals surface area contributed by atoms with E-state index in [1.807, 2.05) is 0 Å². The van der Waals surface area contributed by atoms with Gasteiger partial charge in [0.25, 0.3) is 5.91 Å². The molecular weight excluding hydrogens is 316 g/mol. The van der Waals surface area contributed by atoms with Crippen molar-refractivity contribution in [1.82, 2.24) is 0 Å². The molecule has 0 saturated carbocycles. The lowest BCUT2D eigenvalue weighted by atomic mass is 10.3. The molecule has 0 unspecified atom stereocenters. The molecule has 1 saturated heterocycles. The van der Waals surface area contributed by atoms with Crippen molar-refractivity contribution in [1.29, 1.82) is 5.26 Å². The fraction of sp³-hybridized carbons (Fsp3) is 0.500. The van der Waals surface area contributed by atoms with E-state index in [1.54, 1.807) is 19.9 Å². The smallest absolute Gasteiger partial charge is 0.321 e. The first-order valence-electron chi connectivity index (χ1n) is 6.06. The number of amides is 1. The Hall–Kier alpha value is -1.66. The first-order chi connectivity index (χ1) is 9.96. The minimum absolute atomic E-state index is 0.163. The molecular formula is C12H14N2O5S2. The Morgan fingerprint density at radius 3 is 1.86 bits per heavy atom. The molecule has 114 valence electrons. The average Bonchev–Trinajstić information content (AvgIpc) is 2.84. The first kappa shape index (κ1) is 17.4. The standard InChI is InChI=1S/C12H14N2O5S2/c1-3-18-10(16)7-8(11(17)19-4-2)21-12(20-7)6(5-13)9(14)15/h7-8H,3-4H2,1-2H3,(H2,14,15)/t7-,8-/m0/s1. The second-order valence-electron chi connectivity index (χ2n) is 3.72. The number of ether oxygens (including phenoxy) is 2. The molecule has 1 fully saturated rings. The van der Waals surface area contributed by atoms with E-state index >= 15 is 0 Å². The maximum absolute atomic E-state index is 11.9. The van der Waals surface area contributed by atoms with Gasteiger partial charge in [-0.25, -0.2) is 0 Å². The Labute approximate surface area is 130 Å². The van der Waals surface area contributed by atoms with Crippen LogP contribution in [0.25, 0.3) is 0 Å². The van der Waals surface area contributed by atoms with Gasteiger partial charge >= 0.3 is 11.9 Å². The normalized spacial score (nSPS) is 20.5. The Morgan fingerprint density at radius 1 is 1.14 bits per heavy atom. The molecule has 0 radical (unpaired) electrons. The molecule has 0 aliphatic carbocycles. The summed E-state index contributed by atoms with van der Waals surface area (Å²) in [7, 11) is 0. The van der Waals surface area contributed by atoms with E-state index in [0.717, 1.165) is 23.5 Å². The minimum atomic E-state index is -0.903. The zero-order valence-electron chi connectivity index (χ0n) is 11.5. The summed E-state index contributed by atoms with van der Waals surface area (Å²) in [5.41, 5.74) is 4.84. The van der Waals surface area contributed by atoms with Crippen LogP contribution in [-0.4, -0.2) is 41.6 Å². The number of hydrogen-bond acceptors (Lipinski definition) is 8. The quantitative estimate of drug-likeness (QED) is 0.441. The van der Waals surface area contributed by atoms with E-state index in [2.05, 4.69) is 0 Å². The Kier molecular flexibility index (Phi) is 6.58. The van der Waals surface area contributed by atoms with Crippen molar-refractivity contribution in [3.05, 3.63) is 9.81 Å². The summed E-state index contributed by atoms with van der Waals surface area (Å²) in [6.45, 7) is 3.61. The number of thioether (sulfide) groups is 2. The number of rotatable bonds is 5. The highest BCUT2D eigenvalue weighted by atomic mass is 32.2. The number of nitrogens with two attached hydrogens (primary N) is 1. The van der Waals surface area contributed by atoms with Gasteiger partial charge in [0.1, 0.15) is 22.1 Å². The third-order valence-electron chi connectivity index (χ3n) is 2.34. The van der Waals surface area contributed by atoms with Crippen molar-refractivity contribution in [2.24, 2.45) is 5.73 Å². The van der Waals surface area contributed by atoms with Gasteiger partial charge in [0.2, 0.25) is 0 Å². The van der Waals surface area contributed by atoms with Crippen molar-refractivity contribution in [3.63, 3.8) is 0 Å². The van der Waals surface area contributed by atoms with E-state index in [-0.39, 0.29) is 23.0 Å². The van der Waals surface area contributed by atoms with Crippen molar-refractivity contribution in [2.45, 2.75) is 24.3 Å². The highest BCUT2D eigenvalue weighted by molar-refractivity contribution is 8.26. The van der Waals surface area contributed by atoms with Crippen molar-refractivity contribution >= 4 is 41.4 Å². The number of carbonyl (C=O) groups excluding carboxylic acids is 3. The Balaban J connectivity index is 3.10. The summed E-state index contributed by atoms with van der Waals surface area (Å²) in [5, 5.41) is 7.21. The van der Waals surface area contributed by atoms with Gasteiger partial charge in [0.15, 0.2) is 0 Å². The molecule has 1 aliphatic rings. The number of primary amides is 1.